The van der Waals surface area contributed by atoms with E-state index in [9.17, 15) is 9.59 Å². The Morgan fingerprint density at radius 3 is 2.26 bits per heavy atom. The van der Waals surface area contributed by atoms with Crippen molar-refractivity contribution in [2.24, 2.45) is 0 Å². The normalized spacial score (nSPS) is 10.7. The number of carbonyl (C=O) groups is 2. The van der Waals surface area contributed by atoms with Crippen molar-refractivity contribution in [3.05, 3.63) is 0 Å². The molecule has 0 rings (SSSR count). The Hall–Kier alpha value is -1.57. The summed E-state index contributed by atoms with van der Waals surface area (Å²) in [7, 11) is 0. The minimum absolute atomic E-state index is 0.236. The Labute approximate surface area is 144 Å². The number of nitrogens with zero attached hydrogens (tertiary/aromatic N) is 1. The van der Waals surface area contributed by atoms with Gasteiger partial charge in [0.25, 0.3) is 0 Å². The van der Waals surface area contributed by atoms with E-state index in [0.717, 1.165) is 0 Å². The molecule has 0 saturated heterocycles. The van der Waals surface area contributed by atoms with Crippen LogP contribution in [0.5, 0.6) is 0 Å². The molecule has 0 unspecified atom stereocenters. The lowest BCUT2D eigenvalue weighted by Crippen LogP contribution is -2.44. The first-order valence-corrected chi connectivity index (χ1v) is 8.25. The van der Waals surface area contributed by atoms with Gasteiger partial charge in [-0.05, 0) is 46.8 Å². The van der Waals surface area contributed by atoms with E-state index in [1.165, 1.54) is 0 Å². The Bertz CT molecular complexity index is 397. The quantitative estimate of drug-likeness (QED) is 0.393. The van der Waals surface area contributed by atoms with Crippen LogP contribution in [-0.2, 0) is 14.3 Å². The molecule has 0 atom stereocenters. The van der Waals surface area contributed by atoms with Gasteiger partial charge >= 0.3 is 12.1 Å². The van der Waals surface area contributed by atoms with Gasteiger partial charge in [0, 0.05) is 26.2 Å². The molecule has 1 amide bonds. The molecule has 0 aromatic rings. The highest BCUT2D eigenvalue weighted by Crippen LogP contribution is 2.06. The molecule has 0 aromatic heterocycles. The molecule has 0 heterocycles. The summed E-state index contributed by atoms with van der Waals surface area (Å²) < 4.78 is 10.0. The Kier molecular flexibility index (Phi) is 10.3. The van der Waals surface area contributed by atoms with Crippen molar-refractivity contribution in [3.63, 3.8) is 0 Å². The monoisotopic (exact) mass is 347 g/mol. The standard InChI is InChI=1S/C15H29N3O4S/c1-6-18(11-8-12(19)21-7-2)13(23)16-9-10-17-14(20)22-15(3,4)5/h6-11H2,1-5H3,(H,16,23)(H,17,20). The molecule has 7 nitrogen and oxygen atoms in total. The van der Waals surface area contributed by atoms with E-state index in [2.05, 4.69) is 10.6 Å². The lowest BCUT2D eigenvalue weighted by Gasteiger charge is -2.24. The molecule has 23 heavy (non-hydrogen) atoms. The summed E-state index contributed by atoms with van der Waals surface area (Å²) in [5.41, 5.74) is -0.515. The van der Waals surface area contributed by atoms with Crippen LogP contribution in [-0.4, -0.2) is 60.5 Å². The van der Waals surface area contributed by atoms with Gasteiger partial charge in [0.1, 0.15) is 5.60 Å². The van der Waals surface area contributed by atoms with Crippen LogP contribution in [0.2, 0.25) is 0 Å². The molecular weight excluding hydrogens is 318 g/mol. The van der Waals surface area contributed by atoms with Gasteiger partial charge in [0.15, 0.2) is 5.11 Å². The number of ether oxygens (including phenoxy) is 2. The number of carbonyl (C=O) groups excluding carboxylic acids is 2. The highest BCUT2D eigenvalue weighted by molar-refractivity contribution is 7.80. The van der Waals surface area contributed by atoms with E-state index >= 15 is 0 Å². The lowest BCUT2D eigenvalue weighted by atomic mass is 10.2. The number of esters is 1. The molecule has 0 aliphatic carbocycles. The first-order chi connectivity index (χ1) is 10.7. The second-order valence-corrected chi connectivity index (χ2v) is 6.18. The second kappa shape index (κ2) is 11.0. The van der Waals surface area contributed by atoms with Gasteiger partial charge in [-0.15, -0.1) is 0 Å². The van der Waals surface area contributed by atoms with Crippen LogP contribution in [0.15, 0.2) is 0 Å². The number of hydrogen-bond acceptors (Lipinski definition) is 5. The molecule has 0 bridgehead atoms. The van der Waals surface area contributed by atoms with Crippen molar-refractivity contribution in [1.82, 2.24) is 15.5 Å². The van der Waals surface area contributed by atoms with Crippen molar-refractivity contribution in [1.29, 1.82) is 0 Å². The van der Waals surface area contributed by atoms with Crippen molar-refractivity contribution in [2.75, 3.05) is 32.8 Å². The van der Waals surface area contributed by atoms with Crippen molar-refractivity contribution in [3.8, 4) is 0 Å². The first kappa shape index (κ1) is 21.4. The predicted octanol–water partition coefficient (Wildman–Crippen LogP) is 1.66. The summed E-state index contributed by atoms with van der Waals surface area (Å²) in [6.07, 6.45) is -0.167. The molecule has 0 fully saturated rings. The third-order valence-corrected chi connectivity index (χ3v) is 3.03. The summed E-state index contributed by atoms with van der Waals surface area (Å²) >= 11 is 5.28. The maximum atomic E-state index is 11.5. The second-order valence-electron chi connectivity index (χ2n) is 5.80. The molecular formula is C15H29N3O4S. The summed E-state index contributed by atoms with van der Waals surface area (Å²) in [4.78, 5) is 24.7. The highest BCUT2D eigenvalue weighted by atomic mass is 32.1. The van der Waals surface area contributed by atoms with Gasteiger partial charge in [0.05, 0.1) is 13.0 Å². The zero-order valence-electron chi connectivity index (χ0n) is 14.7. The van der Waals surface area contributed by atoms with Crippen LogP contribution in [0.25, 0.3) is 0 Å². The third kappa shape index (κ3) is 11.6. The topological polar surface area (TPSA) is 79.9 Å². The van der Waals surface area contributed by atoms with Gasteiger partial charge < -0.3 is 25.0 Å². The molecule has 0 aromatic carbocycles. The minimum atomic E-state index is -0.515. The summed E-state index contributed by atoms with van der Waals surface area (Å²) in [6.45, 7) is 11.6. The number of alkyl carbamates (subject to hydrolysis) is 1. The van der Waals surface area contributed by atoms with E-state index in [0.29, 0.717) is 44.3 Å². The number of hydrogen-bond donors (Lipinski definition) is 2. The number of rotatable bonds is 8. The first-order valence-electron chi connectivity index (χ1n) is 7.84. The summed E-state index contributed by atoms with van der Waals surface area (Å²) in [5, 5.41) is 6.23. The van der Waals surface area contributed by atoms with E-state index in [1.807, 2.05) is 32.6 Å². The SMILES string of the molecule is CCOC(=O)CCN(CC)C(=S)NCCNC(=O)OC(C)(C)C. The van der Waals surface area contributed by atoms with Crippen LogP contribution >= 0.6 is 12.2 Å². The predicted molar refractivity (Wildman–Crippen MR) is 93.3 cm³/mol. The maximum Gasteiger partial charge on any atom is 0.407 e. The average Bonchev–Trinajstić information content (AvgIpc) is 2.42. The Balaban J connectivity index is 3.97. The summed E-state index contributed by atoms with van der Waals surface area (Å²) in [5.74, 6) is -0.236. The molecule has 0 aliphatic heterocycles. The third-order valence-electron chi connectivity index (χ3n) is 2.63. The largest absolute Gasteiger partial charge is 0.466 e. The average molecular weight is 347 g/mol. The van der Waals surface area contributed by atoms with Crippen molar-refractivity contribution >= 4 is 29.4 Å². The zero-order chi connectivity index (χ0) is 17.9. The van der Waals surface area contributed by atoms with E-state index in [4.69, 9.17) is 21.7 Å². The van der Waals surface area contributed by atoms with E-state index in [-0.39, 0.29) is 5.97 Å². The van der Waals surface area contributed by atoms with Crippen LogP contribution in [0.3, 0.4) is 0 Å². The van der Waals surface area contributed by atoms with Crippen LogP contribution in [0, 0.1) is 0 Å². The van der Waals surface area contributed by atoms with Gasteiger partial charge in [-0.1, -0.05) is 0 Å². The van der Waals surface area contributed by atoms with Gasteiger partial charge in [-0.25, -0.2) is 4.79 Å². The number of thiocarbonyl (C=S) groups is 1. The molecule has 134 valence electrons. The molecule has 8 heteroatoms. The molecule has 2 N–H and O–H groups in total. The van der Waals surface area contributed by atoms with Crippen LogP contribution in [0.4, 0.5) is 4.79 Å². The zero-order valence-corrected chi connectivity index (χ0v) is 15.5. The van der Waals surface area contributed by atoms with Gasteiger partial charge in [0.2, 0.25) is 0 Å². The highest BCUT2D eigenvalue weighted by Gasteiger charge is 2.15. The van der Waals surface area contributed by atoms with Gasteiger partial charge in [-0.2, -0.15) is 0 Å². The van der Waals surface area contributed by atoms with Gasteiger partial charge in [-0.3, -0.25) is 4.79 Å². The van der Waals surface area contributed by atoms with E-state index < -0.39 is 11.7 Å². The van der Waals surface area contributed by atoms with E-state index in [1.54, 1.807) is 6.92 Å². The molecule has 0 radical (unpaired) electrons. The number of amides is 1. The molecule has 0 saturated carbocycles. The Morgan fingerprint density at radius 2 is 1.74 bits per heavy atom. The van der Waals surface area contributed by atoms with Crippen LogP contribution < -0.4 is 10.6 Å². The Morgan fingerprint density at radius 1 is 1.13 bits per heavy atom. The summed E-state index contributed by atoms with van der Waals surface area (Å²) in [6, 6.07) is 0. The van der Waals surface area contributed by atoms with Crippen LogP contribution in [0.1, 0.15) is 41.0 Å². The molecule has 0 spiro atoms. The lowest BCUT2D eigenvalue weighted by molar-refractivity contribution is -0.143. The van der Waals surface area contributed by atoms with Crippen molar-refractivity contribution in [2.45, 2.75) is 46.6 Å². The minimum Gasteiger partial charge on any atom is -0.466 e. The smallest absolute Gasteiger partial charge is 0.407 e. The maximum absolute atomic E-state index is 11.5. The number of nitrogens with one attached hydrogen (secondary N) is 2. The molecule has 0 aliphatic rings. The fourth-order valence-electron chi connectivity index (χ4n) is 1.62. The fraction of sp³-hybridized carbons (Fsp3) is 0.800. The van der Waals surface area contributed by atoms with Crippen molar-refractivity contribution < 1.29 is 19.1 Å². The fourth-order valence-corrected chi connectivity index (χ4v) is 1.95.